The van der Waals surface area contributed by atoms with E-state index in [0.717, 1.165) is 47.9 Å². The summed E-state index contributed by atoms with van der Waals surface area (Å²) in [7, 11) is 2.79. The molecule has 0 unspecified atom stereocenters. The molecule has 2 aromatic carbocycles. The fourth-order valence-corrected chi connectivity index (χ4v) is 5.70. The molecular formula is C52H80N4O12. The second-order valence-corrected chi connectivity index (χ2v) is 17.9. The SMILES string of the molecule is C=CCCCC(=O)OC.C=Cc1ccc(CO[C@H](C)[C@H](CCC(N)=O)NC(=O)OC(C)(C)C)cc1.COC(=O)CCC/C=C/c1ccc(CO[C@H](C)[C@H](CCC(N)=O)NC(=O)OC(C)(C)C)cc1. The highest BCUT2D eigenvalue weighted by Crippen LogP contribution is 2.16. The van der Waals surface area contributed by atoms with Crippen molar-refractivity contribution in [2.24, 2.45) is 11.5 Å². The van der Waals surface area contributed by atoms with Gasteiger partial charge in [0.1, 0.15) is 11.2 Å². The Morgan fingerprint density at radius 1 is 0.603 bits per heavy atom. The van der Waals surface area contributed by atoms with E-state index < -0.39 is 41.2 Å². The molecule has 2 rings (SSSR count). The predicted molar refractivity (Wildman–Crippen MR) is 266 cm³/mol. The summed E-state index contributed by atoms with van der Waals surface area (Å²) in [4.78, 5) is 68.1. The molecule has 0 aliphatic carbocycles. The molecule has 6 N–H and O–H groups in total. The van der Waals surface area contributed by atoms with Crippen LogP contribution >= 0.6 is 0 Å². The summed E-state index contributed by atoms with van der Waals surface area (Å²) >= 11 is 0. The highest BCUT2D eigenvalue weighted by atomic mass is 16.6. The molecule has 16 heteroatoms. The number of hydrogen-bond acceptors (Lipinski definition) is 12. The smallest absolute Gasteiger partial charge is 0.407 e. The molecule has 0 saturated carbocycles. The number of carbonyl (C=O) groups excluding carboxylic acids is 6. The van der Waals surface area contributed by atoms with E-state index in [1.807, 2.05) is 74.5 Å². The van der Waals surface area contributed by atoms with Crippen molar-refractivity contribution in [1.29, 1.82) is 0 Å². The van der Waals surface area contributed by atoms with Crippen molar-refractivity contribution in [2.45, 2.75) is 168 Å². The van der Waals surface area contributed by atoms with Crippen molar-refractivity contribution in [3.63, 3.8) is 0 Å². The monoisotopic (exact) mass is 953 g/mol. The third-order valence-corrected chi connectivity index (χ3v) is 9.47. The first-order chi connectivity index (χ1) is 31.9. The Balaban J connectivity index is 0.00000114. The Labute approximate surface area is 404 Å². The topological polar surface area (TPSA) is 234 Å². The van der Waals surface area contributed by atoms with E-state index in [1.165, 1.54) is 14.2 Å². The lowest BCUT2D eigenvalue weighted by molar-refractivity contribution is -0.141. The van der Waals surface area contributed by atoms with Crippen molar-refractivity contribution in [3.8, 4) is 0 Å². The van der Waals surface area contributed by atoms with E-state index >= 15 is 0 Å². The quantitative estimate of drug-likeness (QED) is 0.0299. The number of nitrogens with two attached hydrogens (primary N) is 2. The zero-order valence-corrected chi connectivity index (χ0v) is 42.2. The van der Waals surface area contributed by atoms with Gasteiger partial charge >= 0.3 is 24.1 Å². The average Bonchev–Trinajstić information content (AvgIpc) is 3.26. The Kier molecular flexibility index (Phi) is 31.3. The lowest BCUT2D eigenvalue weighted by Crippen LogP contribution is -2.45. The number of nitrogens with one attached hydrogen (secondary N) is 2. The van der Waals surface area contributed by atoms with Crippen molar-refractivity contribution in [2.75, 3.05) is 14.2 Å². The summed E-state index contributed by atoms with van der Waals surface area (Å²) < 4.78 is 31.5. The Morgan fingerprint density at radius 3 is 1.32 bits per heavy atom. The van der Waals surface area contributed by atoms with Gasteiger partial charge in [0.15, 0.2) is 0 Å². The number of primary amides is 2. The standard InChI is InChI=1S/C25H38N2O6.C20H30N2O4.C7H12O2/c1-18(21(15-16-22(26)28)27-24(30)33-25(2,3)4)32-17-20-13-11-19(12-14-20)9-7-6-8-10-23(29)31-5;1-6-15-7-9-16(10-8-15)13-25-14(2)17(11-12-18(21)23)22-19(24)26-20(3,4)5;1-3-4-5-6-7(8)9-2/h7,9,11-14,18,21H,6,8,10,15-17H2,1-5H3,(H2,26,28)(H,27,30);6-10,14,17H,1,11-13H2,2-5H3,(H2,21,23)(H,22,24);3H,1,4-6H2,2H3/b9-7+;;/t18-,21+;14-,17+;/m11./s1. The zero-order chi connectivity index (χ0) is 51.7. The number of ether oxygens (including phenoxy) is 6. The van der Waals surface area contributed by atoms with E-state index in [0.29, 0.717) is 38.9 Å². The Morgan fingerprint density at radius 2 is 0.985 bits per heavy atom. The molecule has 0 fully saturated rings. The maximum atomic E-state index is 12.2. The number of benzene rings is 2. The first-order valence-corrected chi connectivity index (χ1v) is 22.9. The van der Waals surface area contributed by atoms with E-state index in [-0.39, 0.29) is 43.0 Å². The minimum atomic E-state index is -0.625. The van der Waals surface area contributed by atoms with Gasteiger partial charge in [0, 0.05) is 25.7 Å². The number of alkyl carbamates (subject to hydrolysis) is 2. The maximum Gasteiger partial charge on any atom is 0.407 e. The zero-order valence-electron chi connectivity index (χ0n) is 42.2. The van der Waals surface area contributed by atoms with Crippen molar-refractivity contribution >= 4 is 48.1 Å². The molecule has 68 heavy (non-hydrogen) atoms. The highest BCUT2D eigenvalue weighted by molar-refractivity contribution is 5.74. The number of amides is 4. The average molecular weight is 953 g/mol. The molecule has 2 aromatic rings. The molecule has 0 aliphatic heterocycles. The van der Waals surface area contributed by atoms with Crippen LogP contribution in [0.5, 0.6) is 0 Å². The largest absolute Gasteiger partial charge is 0.469 e. The van der Waals surface area contributed by atoms with Gasteiger partial charge in [0.05, 0.1) is 51.7 Å². The summed E-state index contributed by atoms with van der Waals surface area (Å²) in [6.45, 7) is 22.4. The van der Waals surface area contributed by atoms with Gasteiger partial charge in [0.2, 0.25) is 11.8 Å². The van der Waals surface area contributed by atoms with E-state index in [4.69, 9.17) is 30.4 Å². The van der Waals surface area contributed by atoms with Gasteiger partial charge in [-0.05, 0) is 116 Å². The number of methoxy groups -OCH3 is 2. The minimum absolute atomic E-state index is 0.134. The van der Waals surface area contributed by atoms with Gasteiger partial charge in [-0.3, -0.25) is 19.2 Å². The molecule has 0 heterocycles. The van der Waals surface area contributed by atoms with Crippen LogP contribution in [0.25, 0.3) is 12.2 Å². The van der Waals surface area contributed by atoms with E-state index in [2.05, 4.69) is 33.3 Å². The molecule has 0 aromatic heterocycles. The van der Waals surface area contributed by atoms with Crippen molar-refractivity contribution < 1.29 is 57.2 Å². The van der Waals surface area contributed by atoms with Crippen LogP contribution in [0.15, 0.2) is 73.8 Å². The summed E-state index contributed by atoms with van der Waals surface area (Å²) in [6.07, 6.45) is 11.1. The van der Waals surface area contributed by atoms with Crippen LogP contribution < -0.4 is 22.1 Å². The molecule has 4 atom stereocenters. The lowest BCUT2D eigenvalue weighted by atomic mass is 10.1. The van der Waals surface area contributed by atoms with E-state index in [9.17, 15) is 28.8 Å². The summed E-state index contributed by atoms with van der Waals surface area (Å²) in [5.74, 6) is -1.20. The fourth-order valence-electron chi connectivity index (χ4n) is 5.70. The number of hydrogen-bond donors (Lipinski definition) is 4. The van der Waals surface area contributed by atoms with Gasteiger partial charge in [-0.15, -0.1) is 6.58 Å². The summed E-state index contributed by atoms with van der Waals surface area (Å²) in [6, 6.07) is 15.0. The van der Waals surface area contributed by atoms with Gasteiger partial charge in [-0.1, -0.05) is 79.4 Å². The molecule has 380 valence electrons. The molecule has 16 nitrogen and oxygen atoms in total. The predicted octanol–water partition coefficient (Wildman–Crippen LogP) is 9.02. The maximum absolute atomic E-state index is 12.2. The minimum Gasteiger partial charge on any atom is -0.469 e. The Hall–Kier alpha value is -6.00. The van der Waals surface area contributed by atoms with E-state index in [1.54, 1.807) is 53.7 Å². The number of carbonyl (C=O) groups is 6. The Bertz CT molecular complexity index is 1850. The molecular weight excluding hydrogens is 873 g/mol. The first kappa shape index (κ1) is 62.0. The van der Waals surface area contributed by atoms with Crippen LogP contribution in [0.3, 0.4) is 0 Å². The van der Waals surface area contributed by atoms with Crippen LogP contribution in [-0.2, 0) is 60.8 Å². The molecule has 0 saturated heterocycles. The summed E-state index contributed by atoms with van der Waals surface area (Å²) in [5, 5.41) is 5.56. The third kappa shape index (κ3) is 33.5. The summed E-state index contributed by atoms with van der Waals surface area (Å²) in [5.41, 5.74) is 13.4. The van der Waals surface area contributed by atoms with Gasteiger partial charge < -0.3 is 50.5 Å². The van der Waals surface area contributed by atoms with Crippen LogP contribution in [-0.4, -0.2) is 85.7 Å². The van der Waals surface area contributed by atoms with Gasteiger partial charge in [-0.25, -0.2) is 9.59 Å². The number of unbranched alkanes of at least 4 members (excludes halogenated alkanes) is 2. The van der Waals surface area contributed by atoms with Crippen LogP contribution in [0.1, 0.15) is 142 Å². The molecule has 0 radical (unpaired) electrons. The number of allylic oxidation sites excluding steroid dienone is 2. The lowest BCUT2D eigenvalue weighted by Gasteiger charge is -2.27. The van der Waals surface area contributed by atoms with Gasteiger partial charge in [-0.2, -0.15) is 0 Å². The second-order valence-electron chi connectivity index (χ2n) is 17.9. The van der Waals surface area contributed by atoms with Crippen LogP contribution in [0, 0.1) is 0 Å². The van der Waals surface area contributed by atoms with Crippen LogP contribution in [0.4, 0.5) is 9.59 Å². The third-order valence-electron chi connectivity index (χ3n) is 9.47. The molecule has 0 spiro atoms. The molecule has 0 aliphatic rings. The van der Waals surface area contributed by atoms with Crippen molar-refractivity contribution in [1.82, 2.24) is 10.6 Å². The number of esters is 2. The van der Waals surface area contributed by atoms with Gasteiger partial charge in [0.25, 0.3) is 0 Å². The second kappa shape index (κ2) is 34.3. The van der Waals surface area contributed by atoms with Crippen molar-refractivity contribution in [3.05, 3.63) is 96.1 Å². The molecule has 0 bridgehead atoms. The normalized spacial score (nSPS) is 12.8. The number of rotatable bonds is 26. The molecule has 4 amide bonds. The first-order valence-electron chi connectivity index (χ1n) is 22.9. The highest BCUT2D eigenvalue weighted by Gasteiger charge is 2.26. The fraction of sp³-hybridized carbons (Fsp3) is 0.538. The van der Waals surface area contributed by atoms with Crippen LogP contribution in [0.2, 0.25) is 0 Å².